The molecule has 1 aliphatic rings. The number of β-amino-alcohol motifs (C(OH)–C–C–N with tert-alkyl or cyclic N) is 1. The van der Waals surface area contributed by atoms with Crippen LogP contribution >= 0.6 is 0 Å². The Hall–Kier alpha value is -2.44. The van der Waals surface area contributed by atoms with E-state index >= 15 is 0 Å². The van der Waals surface area contributed by atoms with Gasteiger partial charge in [-0.1, -0.05) is 24.3 Å². The Morgan fingerprint density at radius 3 is 2.72 bits per heavy atom. The van der Waals surface area contributed by atoms with Gasteiger partial charge in [0.05, 0.1) is 0 Å². The fourth-order valence-corrected chi connectivity index (χ4v) is 3.21. The van der Waals surface area contributed by atoms with E-state index in [1.807, 2.05) is 65.5 Å². The predicted molar refractivity (Wildman–Crippen MR) is 97.4 cm³/mol. The first-order chi connectivity index (χ1) is 12.0. The summed E-state index contributed by atoms with van der Waals surface area (Å²) in [6.07, 6.45) is 3.02. The number of pyridine rings is 1. The zero-order valence-electron chi connectivity index (χ0n) is 14.4. The van der Waals surface area contributed by atoms with Gasteiger partial charge in [0.2, 0.25) is 0 Å². The number of para-hydroxylation sites is 1. The highest BCUT2D eigenvalue weighted by atomic mass is 16.3. The first-order valence-electron chi connectivity index (χ1n) is 8.46. The third-order valence-electron chi connectivity index (χ3n) is 4.71. The fourth-order valence-electron chi connectivity index (χ4n) is 3.21. The van der Waals surface area contributed by atoms with Crippen LogP contribution in [0.4, 0.5) is 11.5 Å². The van der Waals surface area contributed by atoms with Crippen LogP contribution in [0.1, 0.15) is 18.4 Å². The predicted octanol–water partition coefficient (Wildman–Crippen LogP) is 1.66. The molecule has 3 rings (SSSR count). The van der Waals surface area contributed by atoms with Crippen LogP contribution in [0.3, 0.4) is 0 Å². The molecule has 1 fully saturated rings. The summed E-state index contributed by atoms with van der Waals surface area (Å²) in [6.45, 7) is 1.74. The van der Waals surface area contributed by atoms with Gasteiger partial charge in [0.25, 0.3) is 5.91 Å². The maximum Gasteiger partial charge on any atom is 0.250 e. The number of hydrogen-bond acceptors (Lipinski definition) is 5. The average molecular weight is 340 g/mol. The van der Waals surface area contributed by atoms with Gasteiger partial charge in [-0.3, -0.25) is 9.69 Å². The lowest BCUT2D eigenvalue weighted by Gasteiger charge is -2.37. The molecule has 0 bridgehead atoms. The van der Waals surface area contributed by atoms with Crippen molar-refractivity contribution in [2.75, 3.05) is 25.0 Å². The number of amides is 1. The Kier molecular flexibility index (Phi) is 5.01. The summed E-state index contributed by atoms with van der Waals surface area (Å²) < 4.78 is 0. The third-order valence-corrected chi connectivity index (χ3v) is 4.71. The summed E-state index contributed by atoms with van der Waals surface area (Å²) in [5.41, 5.74) is 6.03. The minimum Gasteiger partial charge on any atom is -0.379 e. The van der Waals surface area contributed by atoms with E-state index in [1.165, 1.54) is 0 Å². The van der Waals surface area contributed by atoms with Crippen LogP contribution in [0.2, 0.25) is 0 Å². The first kappa shape index (κ1) is 17.4. The highest BCUT2D eigenvalue weighted by molar-refractivity contribution is 5.83. The van der Waals surface area contributed by atoms with Gasteiger partial charge in [-0.25, -0.2) is 4.98 Å². The number of carbonyl (C=O) groups is 1. The monoisotopic (exact) mass is 340 g/mol. The van der Waals surface area contributed by atoms with Crippen molar-refractivity contribution in [3.63, 3.8) is 0 Å². The van der Waals surface area contributed by atoms with E-state index in [9.17, 15) is 9.90 Å². The second-order valence-corrected chi connectivity index (χ2v) is 6.63. The van der Waals surface area contributed by atoms with Gasteiger partial charge in [-0.2, -0.15) is 0 Å². The Morgan fingerprint density at radius 2 is 2.08 bits per heavy atom. The molecule has 3 N–H and O–H groups in total. The average Bonchev–Trinajstić information content (AvgIpc) is 2.62. The number of benzene rings is 1. The minimum atomic E-state index is -1.42. The number of nitrogens with two attached hydrogens (primary N) is 1. The highest BCUT2D eigenvalue weighted by Gasteiger charge is 2.38. The van der Waals surface area contributed by atoms with Gasteiger partial charge in [0.15, 0.2) is 5.60 Å². The van der Waals surface area contributed by atoms with E-state index in [0.29, 0.717) is 13.0 Å². The summed E-state index contributed by atoms with van der Waals surface area (Å²) in [7, 11) is 1.98. The molecule has 6 nitrogen and oxygen atoms in total. The van der Waals surface area contributed by atoms with Crippen molar-refractivity contribution in [2.24, 2.45) is 5.73 Å². The molecule has 1 amide bonds. The Balaban J connectivity index is 1.66. The lowest BCUT2D eigenvalue weighted by Crippen LogP contribution is -2.55. The molecule has 2 aromatic rings. The molecule has 2 heterocycles. The van der Waals surface area contributed by atoms with Gasteiger partial charge >= 0.3 is 0 Å². The van der Waals surface area contributed by atoms with E-state index in [4.69, 9.17) is 5.73 Å². The molecule has 0 spiro atoms. The van der Waals surface area contributed by atoms with E-state index in [1.54, 1.807) is 0 Å². The number of likely N-dealkylation sites (tertiary alicyclic amines) is 1. The normalized spacial score (nSPS) is 21.0. The topological polar surface area (TPSA) is 82.7 Å². The van der Waals surface area contributed by atoms with Gasteiger partial charge in [-0.05, 0) is 43.1 Å². The van der Waals surface area contributed by atoms with Crippen molar-refractivity contribution in [2.45, 2.75) is 25.0 Å². The van der Waals surface area contributed by atoms with Crippen LogP contribution in [0.25, 0.3) is 0 Å². The number of piperidine rings is 1. The molecule has 1 saturated heterocycles. The van der Waals surface area contributed by atoms with E-state index in [2.05, 4.69) is 4.98 Å². The zero-order chi connectivity index (χ0) is 17.9. The van der Waals surface area contributed by atoms with Crippen molar-refractivity contribution in [3.8, 4) is 0 Å². The molecule has 1 atom stereocenters. The number of aliphatic hydroxyl groups is 1. The second kappa shape index (κ2) is 7.21. The van der Waals surface area contributed by atoms with Gasteiger partial charge in [-0.15, -0.1) is 0 Å². The van der Waals surface area contributed by atoms with E-state index < -0.39 is 11.5 Å². The molecular formula is C19H24N4O2. The van der Waals surface area contributed by atoms with Crippen LogP contribution in [-0.2, 0) is 11.3 Å². The smallest absolute Gasteiger partial charge is 0.250 e. The summed E-state index contributed by atoms with van der Waals surface area (Å²) in [4.78, 5) is 20.1. The maximum atomic E-state index is 11.5. The van der Waals surface area contributed by atoms with Crippen LogP contribution in [-0.4, -0.2) is 46.6 Å². The van der Waals surface area contributed by atoms with Crippen LogP contribution in [0, 0.1) is 0 Å². The molecule has 1 aromatic heterocycles. The quantitative estimate of drug-likeness (QED) is 0.865. The SMILES string of the molecule is CN(c1ccccc1)c1ccc(CN2CCC[C@@](O)(C(N)=O)C2)cn1. The number of hydrogen-bond donors (Lipinski definition) is 2. The molecule has 1 aromatic carbocycles. The molecule has 1 aliphatic heterocycles. The lowest BCUT2D eigenvalue weighted by atomic mass is 9.92. The second-order valence-electron chi connectivity index (χ2n) is 6.63. The van der Waals surface area contributed by atoms with Gasteiger partial charge < -0.3 is 15.7 Å². The molecular weight excluding hydrogens is 316 g/mol. The Morgan fingerprint density at radius 1 is 1.32 bits per heavy atom. The molecule has 25 heavy (non-hydrogen) atoms. The maximum absolute atomic E-state index is 11.5. The highest BCUT2D eigenvalue weighted by Crippen LogP contribution is 2.24. The van der Waals surface area contributed by atoms with Gasteiger partial charge in [0.1, 0.15) is 5.82 Å². The summed E-state index contributed by atoms with van der Waals surface area (Å²) in [5, 5.41) is 10.3. The summed E-state index contributed by atoms with van der Waals surface area (Å²) in [5.74, 6) is 0.220. The van der Waals surface area contributed by atoms with Crippen LogP contribution in [0.15, 0.2) is 48.7 Å². The number of anilines is 2. The van der Waals surface area contributed by atoms with E-state index in [-0.39, 0.29) is 6.54 Å². The standard InChI is InChI=1S/C19H24N4O2/c1-22(16-6-3-2-4-7-16)17-9-8-15(12-21-17)13-23-11-5-10-19(25,14-23)18(20)24/h2-4,6-9,12,25H,5,10-11,13-14H2,1H3,(H2,20,24)/t19-/m0/s1. The van der Waals surface area contributed by atoms with Gasteiger partial charge in [0, 0.05) is 32.0 Å². The first-order valence-corrected chi connectivity index (χ1v) is 8.46. The third kappa shape index (κ3) is 3.97. The van der Waals surface area contributed by atoms with Crippen molar-refractivity contribution in [3.05, 3.63) is 54.2 Å². The summed E-state index contributed by atoms with van der Waals surface area (Å²) in [6, 6.07) is 14.1. The van der Waals surface area contributed by atoms with Crippen LogP contribution < -0.4 is 10.6 Å². The number of carbonyl (C=O) groups excluding carboxylic acids is 1. The number of rotatable bonds is 5. The van der Waals surface area contributed by atoms with Crippen molar-refractivity contribution < 1.29 is 9.90 Å². The zero-order valence-corrected chi connectivity index (χ0v) is 14.4. The van der Waals surface area contributed by atoms with Crippen molar-refractivity contribution in [1.29, 1.82) is 0 Å². The molecule has 0 radical (unpaired) electrons. The number of primary amides is 1. The molecule has 6 heteroatoms. The van der Waals surface area contributed by atoms with Crippen LogP contribution in [0.5, 0.6) is 0 Å². The Labute approximate surface area is 147 Å². The molecule has 0 saturated carbocycles. The molecule has 0 unspecified atom stereocenters. The molecule has 132 valence electrons. The fraction of sp³-hybridized carbons (Fsp3) is 0.368. The lowest BCUT2D eigenvalue weighted by molar-refractivity contribution is -0.142. The van der Waals surface area contributed by atoms with E-state index in [0.717, 1.165) is 30.0 Å². The van der Waals surface area contributed by atoms with Crippen molar-refractivity contribution in [1.82, 2.24) is 9.88 Å². The Bertz CT molecular complexity index is 720. The summed E-state index contributed by atoms with van der Waals surface area (Å²) >= 11 is 0. The number of nitrogens with zero attached hydrogens (tertiary/aromatic N) is 3. The largest absolute Gasteiger partial charge is 0.379 e. The number of aromatic nitrogens is 1. The molecule has 0 aliphatic carbocycles. The van der Waals surface area contributed by atoms with Crippen molar-refractivity contribution >= 4 is 17.4 Å². The minimum absolute atomic E-state index is 0.272.